The van der Waals surface area contributed by atoms with Gasteiger partial charge in [-0.3, -0.25) is 4.79 Å². The average molecular weight is 293 g/mol. The summed E-state index contributed by atoms with van der Waals surface area (Å²) in [6.07, 6.45) is -0.929. The predicted molar refractivity (Wildman–Crippen MR) is 74.5 cm³/mol. The minimum absolute atomic E-state index is 0.0215. The first-order chi connectivity index (χ1) is 9.93. The van der Waals surface area contributed by atoms with Gasteiger partial charge in [-0.05, 0) is 39.0 Å². The van der Waals surface area contributed by atoms with Gasteiger partial charge in [-0.25, -0.2) is 9.18 Å². The zero-order chi connectivity index (χ0) is 15.6. The van der Waals surface area contributed by atoms with E-state index >= 15 is 0 Å². The molecular formula is C15H16FNO4. The molecule has 1 aromatic carbocycles. The number of ether oxygens (including phenoxy) is 1. The van der Waals surface area contributed by atoms with Crippen LogP contribution in [0.1, 0.15) is 30.0 Å². The zero-order valence-electron chi connectivity index (χ0n) is 12.0. The van der Waals surface area contributed by atoms with Gasteiger partial charge in [-0.2, -0.15) is 0 Å². The Hall–Kier alpha value is -2.37. The summed E-state index contributed by atoms with van der Waals surface area (Å²) in [6, 6.07) is 3.98. The van der Waals surface area contributed by atoms with Crippen molar-refractivity contribution in [2.75, 3.05) is 6.54 Å². The van der Waals surface area contributed by atoms with Crippen LogP contribution in [0.5, 0.6) is 0 Å². The van der Waals surface area contributed by atoms with Crippen molar-refractivity contribution in [2.24, 2.45) is 0 Å². The number of rotatable bonds is 4. The van der Waals surface area contributed by atoms with Crippen molar-refractivity contribution in [3.63, 3.8) is 0 Å². The highest BCUT2D eigenvalue weighted by Crippen LogP contribution is 2.26. The molecule has 112 valence electrons. The number of carbonyl (C=O) groups is 2. The lowest BCUT2D eigenvalue weighted by molar-refractivity contribution is -0.129. The second kappa shape index (κ2) is 5.95. The number of furan rings is 1. The van der Waals surface area contributed by atoms with E-state index in [0.717, 1.165) is 0 Å². The van der Waals surface area contributed by atoms with Gasteiger partial charge >= 0.3 is 5.97 Å². The molecule has 6 heteroatoms. The first-order valence-electron chi connectivity index (χ1n) is 6.61. The summed E-state index contributed by atoms with van der Waals surface area (Å²) < 4.78 is 23.7. The van der Waals surface area contributed by atoms with Crippen LogP contribution < -0.4 is 5.32 Å². The lowest BCUT2D eigenvalue weighted by atomic mass is 10.1. The average Bonchev–Trinajstić information content (AvgIpc) is 2.76. The monoisotopic (exact) mass is 293 g/mol. The molecule has 0 saturated heterocycles. The Bertz CT molecular complexity index is 692. The smallest absolute Gasteiger partial charge is 0.375 e. The first-order valence-corrected chi connectivity index (χ1v) is 6.61. The fourth-order valence-electron chi connectivity index (χ4n) is 1.97. The molecule has 2 aromatic rings. The summed E-state index contributed by atoms with van der Waals surface area (Å²) in [7, 11) is 0. The van der Waals surface area contributed by atoms with Crippen molar-refractivity contribution < 1.29 is 23.1 Å². The maximum Gasteiger partial charge on any atom is 0.375 e. The van der Waals surface area contributed by atoms with Gasteiger partial charge in [0, 0.05) is 17.5 Å². The molecule has 1 N–H and O–H groups in total. The first kappa shape index (κ1) is 15.0. The molecule has 1 aromatic heterocycles. The summed E-state index contributed by atoms with van der Waals surface area (Å²) in [6.45, 7) is 5.33. The number of hydrogen-bond donors (Lipinski definition) is 1. The molecule has 0 unspecified atom stereocenters. The van der Waals surface area contributed by atoms with Gasteiger partial charge in [0.05, 0.1) is 0 Å². The predicted octanol–water partition coefficient (Wildman–Crippen LogP) is 2.56. The summed E-state index contributed by atoms with van der Waals surface area (Å²) >= 11 is 0. The quantitative estimate of drug-likeness (QED) is 0.880. The van der Waals surface area contributed by atoms with E-state index in [0.29, 0.717) is 23.1 Å². The molecule has 1 heterocycles. The standard InChI is InChI=1S/C15H16FNO4/c1-4-17-14(18)9(3)20-15(19)13-8(2)11-7-10(16)5-6-12(11)21-13/h5-7,9H,4H2,1-3H3,(H,17,18)/t9-/m0/s1. The van der Waals surface area contributed by atoms with Crippen LogP contribution in [0.4, 0.5) is 4.39 Å². The molecule has 0 spiro atoms. The summed E-state index contributed by atoms with van der Waals surface area (Å²) in [5, 5.41) is 3.06. The summed E-state index contributed by atoms with van der Waals surface area (Å²) in [4.78, 5) is 23.6. The Kier molecular flexibility index (Phi) is 4.26. The number of carbonyl (C=O) groups excluding carboxylic acids is 2. The van der Waals surface area contributed by atoms with Crippen molar-refractivity contribution in [1.29, 1.82) is 0 Å². The third kappa shape index (κ3) is 3.04. The minimum atomic E-state index is -0.929. The van der Waals surface area contributed by atoms with Gasteiger partial charge in [-0.1, -0.05) is 0 Å². The van der Waals surface area contributed by atoms with Gasteiger partial charge in [0.1, 0.15) is 11.4 Å². The number of likely N-dealkylation sites (N-methyl/N-ethyl adjacent to an activating group) is 1. The maximum atomic E-state index is 13.2. The molecule has 0 aliphatic carbocycles. The largest absolute Gasteiger partial charge is 0.449 e. The van der Waals surface area contributed by atoms with Crippen molar-refractivity contribution in [3.05, 3.63) is 35.3 Å². The van der Waals surface area contributed by atoms with Crippen LogP contribution in [0.3, 0.4) is 0 Å². The summed E-state index contributed by atoms with van der Waals surface area (Å²) in [5.74, 6) is -1.57. The lowest BCUT2D eigenvalue weighted by Gasteiger charge is -2.11. The van der Waals surface area contributed by atoms with Crippen LogP contribution in [0.2, 0.25) is 0 Å². The van der Waals surface area contributed by atoms with Crippen LogP contribution >= 0.6 is 0 Å². The fourth-order valence-corrected chi connectivity index (χ4v) is 1.97. The van der Waals surface area contributed by atoms with E-state index in [2.05, 4.69) is 5.32 Å². The molecule has 0 radical (unpaired) electrons. The normalized spacial score (nSPS) is 12.2. The molecule has 2 rings (SSSR count). The number of amides is 1. The van der Waals surface area contributed by atoms with Gasteiger partial charge in [0.25, 0.3) is 5.91 Å². The zero-order valence-corrected chi connectivity index (χ0v) is 12.0. The van der Waals surface area contributed by atoms with E-state index in [-0.39, 0.29) is 11.7 Å². The molecule has 0 saturated carbocycles. The van der Waals surface area contributed by atoms with Crippen molar-refractivity contribution in [2.45, 2.75) is 26.9 Å². The van der Waals surface area contributed by atoms with E-state index < -0.39 is 17.9 Å². The number of hydrogen-bond acceptors (Lipinski definition) is 4. The number of fused-ring (bicyclic) bond motifs is 1. The van der Waals surface area contributed by atoms with Gasteiger partial charge in [-0.15, -0.1) is 0 Å². The van der Waals surface area contributed by atoms with Crippen molar-refractivity contribution in [1.82, 2.24) is 5.32 Å². The Morgan fingerprint density at radius 3 is 2.81 bits per heavy atom. The van der Waals surface area contributed by atoms with Crippen molar-refractivity contribution in [3.8, 4) is 0 Å². The van der Waals surface area contributed by atoms with Gasteiger partial charge < -0.3 is 14.5 Å². The molecule has 1 atom stereocenters. The third-order valence-corrected chi connectivity index (χ3v) is 3.09. The highest BCUT2D eigenvalue weighted by Gasteiger charge is 2.24. The molecule has 0 fully saturated rings. The maximum absolute atomic E-state index is 13.2. The number of aryl methyl sites for hydroxylation is 1. The van der Waals surface area contributed by atoms with Gasteiger partial charge in [0.15, 0.2) is 6.10 Å². The minimum Gasteiger partial charge on any atom is -0.449 e. The molecule has 1 amide bonds. The van der Waals surface area contributed by atoms with Crippen LogP contribution in [0.15, 0.2) is 22.6 Å². The second-order valence-corrected chi connectivity index (χ2v) is 4.64. The van der Waals surface area contributed by atoms with E-state index in [1.54, 1.807) is 13.8 Å². The molecule has 0 aliphatic heterocycles. The van der Waals surface area contributed by atoms with Crippen LogP contribution in [-0.4, -0.2) is 24.5 Å². The van der Waals surface area contributed by atoms with Crippen LogP contribution in [0, 0.1) is 12.7 Å². The Labute approximate surface area is 121 Å². The van der Waals surface area contributed by atoms with Crippen LogP contribution in [-0.2, 0) is 9.53 Å². The highest BCUT2D eigenvalue weighted by atomic mass is 19.1. The fraction of sp³-hybridized carbons (Fsp3) is 0.333. The molecule has 0 aliphatic rings. The topological polar surface area (TPSA) is 68.5 Å². The van der Waals surface area contributed by atoms with E-state index in [1.165, 1.54) is 25.1 Å². The summed E-state index contributed by atoms with van der Waals surface area (Å²) in [5.41, 5.74) is 0.879. The molecule has 0 bridgehead atoms. The Balaban J connectivity index is 2.24. The number of halogens is 1. The molecule has 5 nitrogen and oxygen atoms in total. The Morgan fingerprint density at radius 2 is 2.14 bits per heavy atom. The Morgan fingerprint density at radius 1 is 1.43 bits per heavy atom. The highest BCUT2D eigenvalue weighted by molar-refractivity contribution is 5.97. The number of nitrogens with one attached hydrogen (secondary N) is 1. The van der Waals surface area contributed by atoms with E-state index in [9.17, 15) is 14.0 Å². The molecular weight excluding hydrogens is 277 g/mol. The molecule has 21 heavy (non-hydrogen) atoms. The van der Waals surface area contributed by atoms with E-state index in [1.807, 2.05) is 0 Å². The van der Waals surface area contributed by atoms with Crippen molar-refractivity contribution >= 4 is 22.8 Å². The SMILES string of the molecule is CCNC(=O)[C@H](C)OC(=O)c1oc2ccc(F)cc2c1C. The van der Waals surface area contributed by atoms with Gasteiger partial charge in [0.2, 0.25) is 5.76 Å². The number of esters is 1. The lowest BCUT2D eigenvalue weighted by Crippen LogP contribution is -2.35. The number of benzene rings is 1. The van der Waals surface area contributed by atoms with Crippen LogP contribution in [0.25, 0.3) is 11.0 Å². The third-order valence-electron chi connectivity index (χ3n) is 3.09. The van der Waals surface area contributed by atoms with E-state index in [4.69, 9.17) is 9.15 Å². The second-order valence-electron chi connectivity index (χ2n) is 4.64.